The van der Waals surface area contributed by atoms with Gasteiger partial charge in [0, 0.05) is 17.8 Å². The van der Waals surface area contributed by atoms with Crippen LogP contribution in [0.2, 0.25) is 0 Å². The van der Waals surface area contributed by atoms with Crippen molar-refractivity contribution < 1.29 is 17.6 Å². The van der Waals surface area contributed by atoms with E-state index in [0.29, 0.717) is 17.8 Å². The van der Waals surface area contributed by atoms with Crippen molar-refractivity contribution in [2.24, 2.45) is 0 Å². The summed E-state index contributed by atoms with van der Waals surface area (Å²) in [5.41, 5.74) is 4.58. The number of nitrogens with one attached hydrogen (secondary N) is 2. The molecule has 0 spiro atoms. The Bertz CT molecular complexity index is 1200. The average molecular weight is 443 g/mol. The minimum absolute atomic E-state index is 0.0941. The summed E-state index contributed by atoms with van der Waals surface area (Å²) in [7, 11) is -1.94. The molecule has 2 aromatic carbocycles. The largest absolute Gasteiger partial charge is 0.347 e. The molecule has 162 valence electrons. The molecule has 0 saturated heterocycles. The van der Waals surface area contributed by atoms with Crippen LogP contribution in [0, 0.1) is 5.82 Å². The van der Waals surface area contributed by atoms with Crippen LogP contribution in [0.5, 0.6) is 0 Å². The first-order valence-corrected chi connectivity index (χ1v) is 11.7. The molecule has 1 amide bonds. The van der Waals surface area contributed by atoms with Crippen LogP contribution in [0.4, 0.5) is 4.39 Å². The maximum atomic E-state index is 13.3. The molecule has 9 heteroatoms. The first kappa shape index (κ1) is 21.2. The summed E-state index contributed by atoms with van der Waals surface area (Å²) < 4.78 is 40.6. The van der Waals surface area contributed by atoms with Gasteiger partial charge in [-0.15, -0.1) is 0 Å². The van der Waals surface area contributed by atoms with Crippen molar-refractivity contribution in [3.05, 3.63) is 82.4 Å². The number of fused-ring (bicyclic) bond motifs is 1. The fourth-order valence-electron chi connectivity index (χ4n) is 3.73. The lowest BCUT2D eigenvalue weighted by atomic mass is 10.1. The van der Waals surface area contributed by atoms with Crippen molar-refractivity contribution in [3.8, 4) is 5.69 Å². The second-order valence-corrected chi connectivity index (χ2v) is 9.40. The smallest absolute Gasteiger partial charge is 0.272 e. The summed E-state index contributed by atoms with van der Waals surface area (Å²) in [5, 5.41) is 7.41. The van der Waals surface area contributed by atoms with E-state index in [1.165, 1.54) is 19.2 Å². The van der Waals surface area contributed by atoms with Crippen LogP contribution in [0.1, 0.15) is 39.3 Å². The van der Waals surface area contributed by atoms with Gasteiger partial charge in [0.15, 0.2) is 5.69 Å². The minimum Gasteiger partial charge on any atom is -0.347 e. The predicted molar refractivity (Wildman–Crippen MR) is 115 cm³/mol. The molecule has 31 heavy (non-hydrogen) atoms. The van der Waals surface area contributed by atoms with Crippen LogP contribution in [0.25, 0.3) is 5.69 Å². The molecule has 2 N–H and O–H groups in total. The molecular formula is C22H23FN4O3S. The van der Waals surface area contributed by atoms with Gasteiger partial charge in [-0.2, -0.15) is 5.10 Å². The molecule has 7 nitrogen and oxygen atoms in total. The highest BCUT2D eigenvalue weighted by Crippen LogP contribution is 2.28. The average Bonchev–Trinajstić information content (AvgIpc) is 3.36. The monoisotopic (exact) mass is 442 g/mol. The van der Waals surface area contributed by atoms with Crippen molar-refractivity contribution >= 4 is 15.9 Å². The summed E-state index contributed by atoms with van der Waals surface area (Å²) in [6, 6.07) is 13.1. The number of halogens is 1. The molecular weight excluding hydrogens is 419 g/mol. The molecule has 1 aromatic heterocycles. The molecule has 0 aliphatic heterocycles. The summed E-state index contributed by atoms with van der Waals surface area (Å²) in [6.07, 6.45) is 2.56. The Labute approximate surface area is 180 Å². The van der Waals surface area contributed by atoms with E-state index in [-0.39, 0.29) is 17.5 Å². The first-order chi connectivity index (χ1) is 14.9. The molecule has 1 heterocycles. The number of rotatable bonds is 7. The number of hydrogen-bond donors (Lipinski definition) is 2. The van der Waals surface area contributed by atoms with Crippen molar-refractivity contribution in [2.75, 3.05) is 7.05 Å². The van der Waals surface area contributed by atoms with Gasteiger partial charge in [0.25, 0.3) is 5.91 Å². The van der Waals surface area contributed by atoms with E-state index < -0.39 is 10.0 Å². The van der Waals surface area contributed by atoms with Crippen LogP contribution in [-0.2, 0) is 35.2 Å². The van der Waals surface area contributed by atoms with Crippen LogP contribution >= 0.6 is 0 Å². The lowest BCUT2D eigenvalue weighted by molar-refractivity contribution is 0.0944. The van der Waals surface area contributed by atoms with Crippen molar-refractivity contribution in [1.29, 1.82) is 0 Å². The molecule has 3 aromatic rings. The lowest BCUT2D eigenvalue weighted by Crippen LogP contribution is -2.24. The van der Waals surface area contributed by atoms with E-state index in [9.17, 15) is 17.6 Å². The standard InChI is InChI=1S/C22H23FN4O3S/c1-24-31(29,30)14-16-7-5-15(6-8-16)13-25-22(28)21-19-3-2-4-20(19)27(26-21)18-11-9-17(23)10-12-18/h5-12,24H,2-4,13-14H2,1H3,(H,25,28). The van der Waals surface area contributed by atoms with Crippen LogP contribution < -0.4 is 10.0 Å². The van der Waals surface area contributed by atoms with Gasteiger partial charge in [0.1, 0.15) is 5.82 Å². The van der Waals surface area contributed by atoms with E-state index >= 15 is 0 Å². The zero-order valence-electron chi connectivity index (χ0n) is 17.1. The van der Waals surface area contributed by atoms with Crippen LogP contribution in [0.15, 0.2) is 48.5 Å². The SMILES string of the molecule is CNS(=O)(=O)Cc1ccc(CNC(=O)c2nn(-c3ccc(F)cc3)c3c2CCC3)cc1. The Morgan fingerprint density at radius 1 is 1.06 bits per heavy atom. The quantitative estimate of drug-likeness (QED) is 0.588. The Balaban J connectivity index is 1.47. The number of aromatic nitrogens is 2. The van der Waals surface area contributed by atoms with Gasteiger partial charge in [-0.3, -0.25) is 4.79 Å². The molecule has 0 saturated carbocycles. The number of benzene rings is 2. The number of hydrogen-bond acceptors (Lipinski definition) is 4. The zero-order chi connectivity index (χ0) is 22.0. The van der Waals surface area contributed by atoms with Crippen molar-refractivity contribution in [1.82, 2.24) is 19.8 Å². The number of carbonyl (C=O) groups is 1. The van der Waals surface area contributed by atoms with E-state index in [4.69, 9.17) is 0 Å². The second kappa shape index (κ2) is 8.60. The van der Waals surface area contributed by atoms with Crippen molar-refractivity contribution in [2.45, 2.75) is 31.6 Å². The fourth-order valence-corrected chi connectivity index (χ4v) is 4.50. The van der Waals surface area contributed by atoms with Gasteiger partial charge >= 0.3 is 0 Å². The van der Waals surface area contributed by atoms with Gasteiger partial charge in [0.2, 0.25) is 10.0 Å². The number of amides is 1. The Morgan fingerprint density at radius 3 is 2.42 bits per heavy atom. The maximum Gasteiger partial charge on any atom is 0.272 e. The molecule has 1 aliphatic rings. The third-order valence-electron chi connectivity index (χ3n) is 5.36. The predicted octanol–water partition coefficient (Wildman–Crippen LogP) is 2.48. The highest BCUT2D eigenvalue weighted by atomic mass is 32.2. The third-order valence-corrected chi connectivity index (χ3v) is 6.70. The Kier molecular flexibility index (Phi) is 5.88. The first-order valence-electron chi connectivity index (χ1n) is 10.0. The number of sulfonamides is 1. The highest BCUT2D eigenvalue weighted by Gasteiger charge is 2.26. The lowest BCUT2D eigenvalue weighted by Gasteiger charge is -2.07. The normalized spacial score (nSPS) is 13.2. The second-order valence-electron chi connectivity index (χ2n) is 7.48. The molecule has 0 fully saturated rings. The van der Waals surface area contributed by atoms with Crippen LogP contribution in [-0.4, -0.2) is 31.2 Å². The molecule has 0 unspecified atom stereocenters. The Morgan fingerprint density at radius 2 is 1.74 bits per heavy atom. The molecule has 0 atom stereocenters. The van der Waals surface area contributed by atoms with Gasteiger partial charge in [-0.05, 0) is 61.7 Å². The molecule has 1 aliphatic carbocycles. The van der Waals surface area contributed by atoms with Gasteiger partial charge < -0.3 is 5.32 Å². The van der Waals surface area contributed by atoms with E-state index in [1.807, 2.05) is 0 Å². The summed E-state index contributed by atoms with van der Waals surface area (Å²) in [6.45, 7) is 0.302. The van der Waals surface area contributed by atoms with E-state index in [1.54, 1.807) is 41.1 Å². The maximum absolute atomic E-state index is 13.3. The fraction of sp³-hybridized carbons (Fsp3) is 0.273. The summed E-state index contributed by atoms with van der Waals surface area (Å²) >= 11 is 0. The Hall–Kier alpha value is -3.04. The minimum atomic E-state index is -3.33. The molecule has 0 radical (unpaired) electrons. The summed E-state index contributed by atoms with van der Waals surface area (Å²) in [4.78, 5) is 12.8. The number of nitrogens with zero attached hydrogens (tertiary/aromatic N) is 2. The van der Waals surface area contributed by atoms with Gasteiger partial charge in [0.05, 0.1) is 11.4 Å². The van der Waals surface area contributed by atoms with E-state index in [0.717, 1.165) is 41.8 Å². The van der Waals surface area contributed by atoms with Gasteiger partial charge in [-0.25, -0.2) is 22.2 Å². The van der Waals surface area contributed by atoms with Crippen LogP contribution in [0.3, 0.4) is 0 Å². The highest BCUT2D eigenvalue weighted by molar-refractivity contribution is 7.88. The van der Waals surface area contributed by atoms with Crippen molar-refractivity contribution in [3.63, 3.8) is 0 Å². The topological polar surface area (TPSA) is 93.1 Å². The third kappa shape index (κ3) is 4.67. The number of carbonyl (C=O) groups excluding carboxylic acids is 1. The van der Waals surface area contributed by atoms with E-state index in [2.05, 4.69) is 15.1 Å². The van der Waals surface area contributed by atoms with Gasteiger partial charge in [-0.1, -0.05) is 24.3 Å². The molecule has 4 rings (SSSR count). The molecule has 0 bridgehead atoms. The zero-order valence-corrected chi connectivity index (χ0v) is 17.9. The summed E-state index contributed by atoms with van der Waals surface area (Å²) in [5.74, 6) is -0.677.